The van der Waals surface area contributed by atoms with Crippen LogP contribution in [-0.2, 0) is 4.74 Å². The molecule has 0 fully saturated rings. The van der Waals surface area contributed by atoms with Gasteiger partial charge in [-0.25, -0.2) is 4.79 Å². The maximum absolute atomic E-state index is 11.7. The first-order valence-electron chi connectivity index (χ1n) is 7.82. The van der Waals surface area contributed by atoms with Gasteiger partial charge < -0.3 is 10.1 Å². The minimum Gasteiger partial charge on any atom is -0.450 e. The van der Waals surface area contributed by atoms with Gasteiger partial charge >= 0.3 is 6.09 Å². The second-order valence-corrected chi connectivity index (χ2v) is 5.01. The minimum atomic E-state index is -0.613. The van der Waals surface area contributed by atoms with Crippen LogP contribution in [0.3, 0.4) is 0 Å². The summed E-state index contributed by atoms with van der Waals surface area (Å²) in [6.45, 7) is 1.99. The highest BCUT2D eigenvalue weighted by Gasteiger charge is 2.11. The molecule has 1 aromatic heterocycles. The average Bonchev–Trinajstić information content (AvgIpc) is 2.63. The van der Waals surface area contributed by atoms with Crippen molar-refractivity contribution in [3.05, 3.63) is 60.7 Å². The topological polar surface area (TPSA) is 89.0 Å². The molecule has 126 valence electrons. The number of carbonyl (C=O) groups excluding carboxylic acids is 1. The van der Waals surface area contributed by atoms with E-state index in [1.54, 1.807) is 6.92 Å². The molecule has 2 aromatic carbocycles. The molecule has 1 amide bonds. The molecule has 0 radical (unpaired) electrons. The number of rotatable bonds is 5. The molecule has 0 saturated carbocycles. The van der Waals surface area contributed by atoms with Crippen LogP contribution in [0.2, 0.25) is 0 Å². The summed E-state index contributed by atoms with van der Waals surface area (Å²) in [6.07, 6.45) is -0.613. The van der Waals surface area contributed by atoms with Crippen molar-refractivity contribution in [2.45, 2.75) is 6.92 Å². The Balaban J connectivity index is 1.94. The van der Waals surface area contributed by atoms with E-state index in [2.05, 4.69) is 25.6 Å². The summed E-state index contributed by atoms with van der Waals surface area (Å²) in [5.41, 5.74) is 1.64. The Labute approximate surface area is 145 Å². The van der Waals surface area contributed by atoms with E-state index in [1.165, 1.54) is 0 Å². The fraction of sp³-hybridized carbons (Fsp3) is 0.111. The van der Waals surface area contributed by atoms with E-state index in [9.17, 15) is 4.79 Å². The Morgan fingerprint density at radius 2 is 1.56 bits per heavy atom. The molecule has 2 N–H and O–H groups in total. The molecule has 0 aliphatic heterocycles. The molecule has 0 aliphatic carbocycles. The van der Waals surface area contributed by atoms with Crippen molar-refractivity contribution in [1.82, 2.24) is 15.0 Å². The van der Waals surface area contributed by atoms with Gasteiger partial charge in [0.15, 0.2) is 5.82 Å². The molecule has 7 heteroatoms. The Morgan fingerprint density at radius 1 is 0.920 bits per heavy atom. The Hall–Kier alpha value is -3.48. The van der Waals surface area contributed by atoms with Crippen molar-refractivity contribution in [1.29, 1.82) is 0 Å². The van der Waals surface area contributed by atoms with Crippen molar-refractivity contribution in [3.63, 3.8) is 0 Å². The molecule has 0 saturated heterocycles. The number of nitrogens with one attached hydrogen (secondary N) is 2. The summed E-state index contributed by atoms with van der Waals surface area (Å²) < 4.78 is 4.88. The fourth-order valence-electron chi connectivity index (χ4n) is 2.11. The Bertz CT molecular complexity index is 841. The highest BCUT2D eigenvalue weighted by Crippen LogP contribution is 2.20. The van der Waals surface area contributed by atoms with E-state index in [0.717, 1.165) is 11.3 Å². The third-order valence-electron chi connectivity index (χ3n) is 3.19. The first kappa shape index (κ1) is 16.4. The van der Waals surface area contributed by atoms with E-state index in [4.69, 9.17) is 4.74 Å². The molecule has 1 heterocycles. The number of aromatic nitrogens is 3. The zero-order valence-electron chi connectivity index (χ0n) is 13.6. The van der Waals surface area contributed by atoms with Gasteiger partial charge in [0.2, 0.25) is 11.9 Å². The van der Waals surface area contributed by atoms with Crippen molar-refractivity contribution in [3.8, 4) is 11.4 Å². The number of para-hydroxylation sites is 1. The SMILES string of the molecule is CCOC(=O)Nc1nc(Nc2ccccc2)nc(-c2ccccc2)n1. The molecule has 25 heavy (non-hydrogen) atoms. The summed E-state index contributed by atoms with van der Waals surface area (Å²) in [4.78, 5) is 24.6. The van der Waals surface area contributed by atoms with Gasteiger partial charge in [0.25, 0.3) is 0 Å². The minimum absolute atomic E-state index is 0.116. The number of carbonyl (C=O) groups is 1. The number of anilines is 3. The van der Waals surface area contributed by atoms with Crippen LogP contribution in [0.1, 0.15) is 6.92 Å². The number of hydrogen-bond acceptors (Lipinski definition) is 6. The zero-order chi connectivity index (χ0) is 17.5. The number of benzene rings is 2. The average molecular weight is 335 g/mol. The van der Waals surface area contributed by atoms with Crippen LogP contribution in [0.5, 0.6) is 0 Å². The van der Waals surface area contributed by atoms with Crippen LogP contribution in [0.4, 0.5) is 22.4 Å². The van der Waals surface area contributed by atoms with Crippen molar-refractivity contribution in [2.75, 3.05) is 17.2 Å². The highest BCUT2D eigenvalue weighted by atomic mass is 16.5. The summed E-state index contributed by atoms with van der Waals surface area (Å²) in [7, 11) is 0. The molecule has 0 unspecified atom stereocenters. The number of nitrogens with zero attached hydrogens (tertiary/aromatic N) is 3. The van der Waals surface area contributed by atoms with Gasteiger partial charge in [0.05, 0.1) is 6.61 Å². The summed E-state index contributed by atoms with van der Waals surface area (Å²) in [5.74, 6) is 0.887. The van der Waals surface area contributed by atoms with Gasteiger partial charge in [-0.3, -0.25) is 5.32 Å². The smallest absolute Gasteiger partial charge is 0.414 e. The molecule has 3 aromatic rings. The fourth-order valence-corrected chi connectivity index (χ4v) is 2.11. The van der Waals surface area contributed by atoms with E-state index in [1.807, 2.05) is 60.7 Å². The standard InChI is InChI=1S/C18H17N5O2/c1-2-25-18(24)23-17-21-15(13-9-5-3-6-10-13)20-16(22-17)19-14-11-7-4-8-12-14/h3-12H,2H2,1H3,(H2,19,20,21,22,23,24). The van der Waals surface area contributed by atoms with Crippen LogP contribution in [-0.4, -0.2) is 27.7 Å². The lowest BCUT2D eigenvalue weighted by molar-refractivity contribution is 0.167. The highest BCUT2D eigenvalue weighted by molar-refractivity contribution is 5.82. The van der Waals surface area contributed by atoms with Gasteiger partial charge in [0.1, 0.15) is 0 Å². The summed E-state index contributed by atoms with van der Waals surface area (Å²) in [6, 6.07) is 19.0. The van der Waals surface area contributed by atoms with Crippen molar-refractivity contribution < 1.29 is 9.53 Å². The van der Waals surface area contributed by atoms with Gasteiger partial charge in [0, 0.05) is 11.3 Å². The van der Waals surface area contributed by atoms with Gasteiger partial charge in [-0.1, -0.05) is 48.5 Å². The third kappa shape index (κ3) is 4.51. The molecule has 3 rings (SSSR count). The second-order valence-electron chi connectivity index (χ2n) is 5.01. The molecule has 0 atom stereocenters. The molecule has 0 bridgehead atoms. The summed E-state index contributed by atoms with van der Waals surface area (Å²) >= 11 is 0. The lowest BCUT2D eigenvalue weighted by Crippen LogP contribution is -2.16. The molecular formula is C18H17N5O2. The van der Waals surface area contributed by atoms with E-state index in [-0.39, 0.29) is 12.6 Å². The number of ether oxygens (including phenoxy) is 1. The predicted octanol–water partition coefficient (Wildman–Crippen LogP) is 3.85. The maximum atomic E-state index is 11.7. The molecular weight excluding hydrogens is 318 g/mol. The van der Waals surface area contributed by atoms with Crippen LogP contribution >= 0.6 is 0 Å². The van der Waals surface area contributed by atoms with Crippen molar-refractivity contribution in [2.24, 2.45) is 0 Å². The van der Waals surface area contributed by atoms with E-state index in [0.29, 0.717) is 11.8 Å². The third-order valence-corrected chi connectivity index (χ3v) is 3.19. The Kier molecular flexibility index (Phi) is 5.16. The monoisotopic (exact) mass is 335 g/mol. The molecule has 0 spiro atoms. The van der Waals surface area contributed by atoms with Gasteiger partial charge in [-0.2, -0.15) is 15.0 Å². The zero-order valence-corrected chi connectivity index (χ0v) is 13.6. The molecule has 7 nitrogen and oxygen atoms in total. The Morgan fingerprint density at radius 3 is 2.24 bits per heavy atom. The van der Waals surface area contributed by atoms with Crippen molar-refractivity contribution >= 4 is 23.7 Å². The molecule has 0 aliphatic rings. The maximum Gasteiger partial charge on any atom is 0.414 e. The normalized spacial score (nSPS) is 10.1. The second kappa shape index (κ2) is 7.87. The quantitative estimate of drug-likeness (QED) is 0.736. The first-order valence-corrected chi connectivity index (χ1v) is 7.82. The van der Waals surface area contributed by atoms with E-state index < -0.39 is 6.09 Å². The van der Waals surface area contributed by atoms with Crippen LogP contribution in [0, 0.1) is 0 Å². The van der Waals surface area contributed by atoms with Crippen LogP contribution in [0.25, 0.3) is 11.4 Å². The van der Waals surface area contributed by atoms with Gasteiger partial charge in [-0.15, -0.1) is 0 Å². The predicted molar refractivity (Wildman–Crippen MR) is 95.6 cm³/mol. The lowest BCUT2D eigenvalue weighted by Gasteiger charge is -2.10. The van der Waals surface area contributed by atoms with Gasteiger partial charge in [-0.05, 0) is 19.1 Å². The van der Waals surface area contributed by atoms with Crippen LogP contribution < -0.4 is 10.6 Å². The lowest BCUT2D eigenvalue weighted by atomic mass is 10.2. The van der Waals surface area contributed by atoms with E-state index >= 15 is 0 Å². The largest absolute Gasteiger partial charge is 0.450 e. The summed E-state index contributed by atoms with van der Waals surface area (Å²) in [5, 5.41) is 5.62. The first-order chi connectivity index (χ1) is 12.2. The number of hydrogen-bond donors (Lipinski definition) is 2. The number of amides is 1. The van der Waals surface area contributed by atoms with Crippen LogP contribution in [0.15, 0.2) is 60.7 Å².